The molecule has 1 N–H and O–H groups in total. The summed E-state index contributed by atoms with van der Waals surface area (Å²) in [6.07, 6.45) is 8.73. The van der Waals surface area contributed by atoms with Crippen molar-refractivity contribution in [2.24, 2.45) is 5.41 Å². The molecule has 2 rings (SSSR count). The number of nitrogens with one attached hydrogen (secondary N) is 1. The zero-order chi connectivity index (χ0) is 12.8. The summed E-state index contributed by atoms with van der Waals surface area (Å²) in [7, 11) is 0. The molecule has 1 aromatic rings. The molecule has 4 heteroatoms. The molecule has 1 aliphatic carbocycles. The Kier molecular flexibility index (Phi) is 3.93. The largest absolute Gasteiger partial charge is 0.325 e. The molecule has 0 spiro atoms. The highest BCUT2D eigenvalue weighted by Crippen LogP contribution is 2.35. The molecule has 0 saturated heterocycles. The number of hydrogen-bond donors (Lipinski definition) is 1. The summed E-state index contributed by atoms with van der Waals surface area (Å²) in [5.74, 6) is -0.168. The van der Waals surface area contributed by atoms with Crippen LogP contribution in [-0.2, 0) is 4.79 Å². The normalized spacial score (nSPS) is 18.4. The van der Waals surface area contributed by atoms with Gasteiger partial charge in [0.05, 0.1) is 6.07 Å². The van der Waals surface area contributed by atoms with Crippen LogP contribution in [0.3, 0.4) is 0 Å². The van der Waals surface area contributed by atoms with Crippen LogP contribution in [0.5, 0.6) is 0 Å². The molecule has 0 aromatic carbocycles. The van der Waals surface area contributed by atoms with Crippen LogP contribution in [-0.4, -0.2) is 10.9 Å². The maximum absolute atomic E-state index is 12.3. The predicted molar refractivity (Wildman–Crippen MR) is 68.6 cm³/mol. The van der Waals surface area contributed by atoms with Gasteiger partial charge >= 0.3 is 0 Å². The van der Waals surface area contributed by atoms with Gasteiger partial charge in [0.1, 0.15) is 5.41 Å². The minimum atomic E-state index is -0.847. The van der Waals surface area contributed by atoms with E-state index in [0.29, 0.717) is 18.5 Å². The van der Waals surface area contributed by atoms with Gasteiger partial charge in [-0.15, -0.1) is 0 Å². The third-order valence-electron chi connectivity index (χ3n) is 3.54. The van der Waals surface area contributed by atoms with Gasteiger partial charge in [-0.1, -0.05) is 25.7 Å². The molecule has 4 nitrogen and oxygen atoms in total. The first-order valence-corrected chi connectivity index (χ1v) is 6.40. The van der Waals surface area contributed by atoms with Crippen molar-refractivity contribution in [1.29, 1.82) is 5.26 Å². The third kappa shape index (κ3) is 2.67. The summed E-state index contributed by atoms with van der Waals surface area (Å²) in [6, 6.07) is 5.72. The maximum Gasteiger partial charge on any atom is 0.244 e. The van der Waals surface area contributed by atoms with Crippen LogP contribution < -0.4 is 5.32 Å². The van der Waals surface area contributed by atoms with Crippen LogP contribution in [0.4, 0.5) is 5.69 Å². The van der Waals surface area contributed by atoms with E-state index in [4.69, 9.17) is 0 Å². The van der Waals surface area contributed by atoms with Gasteiger partial charge in [-0.05, 0) is 25.0 Å². The molecule has 0 atom stereocenters. The van der Waals surface area contributed by atoms with E-state index in [1.54, 1.807) is 24.5 Å². The molecule has 1 aromatic heterocycles. The Balaban J connectivity index is 2.12. The van der Waals surface area contributed by atoms with Crippen molar-refractivity contribution in [3.63, 3.8) is 0 Å². The van der Waals surface area contributed by atoms with E-state index in [9.17, 15) is 10.1 Å². The Hall–Kier alpha value is -1.89. The average molecular weight is 243 g/mol. The fraction of sp³-hybridized carbons (Fsp3) is 0.500. The first-order chi connectivity index (χ1) is 8.77. The lowest BCUT2D eigenvalue weighted by Crippen LogP contribution is -2.34. The summed E-state index contributed by atoms with van der Waals surface area (Å²) < 4.78 is 0. The maximum atomic E-state index is 12.3. The van der Waals surface area contributed by atoms with Gasteiger partial charge in [0.15, 0.2) is 0 Å². The molecule has 1 amide bonds. The van der Waals surface area contributed by atoms with Gasteiger partial charge < -0.3 is 5.32 Å². The van der Waals surface area contributed by atoms with Crippen molar-refractivity contribution in [1.82, 2.24) is 4.98 Å². The van der Waals surface area contributed by atoms with Gasteiger partial charge in [-0.3, -0.25) is 9.78 Å². The van der Waals surface area contributed by atoms with Crippen molar-refractivity contribution < 1.29 is 4.79 Å². The van der Waals surface area contributed by atoms with Crippen molar-refractivity contribution in [3.8, 4) is 6.07 Å². The van der Waals surface area contributed by atoms with Crippen LogP contribution >= 0.6 is 0 Å². The summed E-state index contributed by atoms with van der Waals surface area (Å²) in [5.41, 5.74) is -0.145. The summed E-state index contributed by atoms with van der Waals surface area (Å²) in [5, 5.41) is 12.2. The number of nitriles is 1. The number of carbonyl (C=O) groups excluding carboxylic acids is 1. The lowest BCUT2D eigenvalue weighted by Gasteiger charge is -2.23. The Labute approximate surface area is 107 Å². The van der Waals surface area contributed by atoms with Crippen molar-refractivity contribution in [3.05, 3.63) is 24.5 Å². The molecule has 0 aliphatic heterocycles. The minimum absolute atomic E-state index is 0.168. The topological polar surface area (TPSA) is 65.8 Å². The number of hydrogen-bond acceptors (Lipinski definition) is 3. The number of nitrogens with zero attached hydrogens (tertiary/aromatic N) is 2. The smallest absolute Gasteiger partial charge is 0.244 e. The number of rotatable bonds is 2. The Bertz CT molecular complexity index is 442. The number of aromatic nitrogens is 1. The fourth-order valence-electron chi connectivity index (χ4n) is 2.41. The van der Waals surface area contributed by atoms with Crippen molar-refractivity contribution in [2.75, 3.05) is 5.32 Å². The second kappa shape index (κ2) is 5.63. The average Bonchev–Trinajstić information content (AvgIpc) is 2.66. The van der Waals surface area contributed by atoms with Gasteiger partial charge in [0.25, 0.3) is 0 Å². The number of anilines is 1. The van der Waals surface area contributed by atoms with Crippen molar-refractivity contribution >= 4 is 11.6 Å². The number of amides is 1. The molecule has 1 fully saturated rings. The number of carbonyl (C=O) groups is 1. The Morgan fingerprint density at radius 1 is 1.22 bits per heavy atom. The lowest BCUT2D eigenvalue weighted by molar-refractivity contribution is -0.123. The Morgan fingerprint density at radius 3 is 2.39 bits per heavy atom. The van der Waals surface area contributed by atoms with E-state index in [0.717, 1.165) is 25.7 Å². The molecule has 0 bridgehead atoms. The van der Waals surface area contributed by atoms with E-state index < -0.39 is 5.41 Å². The van der Waals surface area contributed by atoms with Gasteiger partial charge in [0.2, 0.25) is 5.91 Å². The van der Waals surface area contributed by atoms with Crippen molar-refractivity contribution in [2.45, 2.75) is 38.5 Å². The molecule has 18 heavy (non-hydrogen) atoms. The monoisotopic (exact) mass is 243 g/mol. The molecule has 0 unspecified atom stereocenters. The van der Waals surface area contributed by atoms with E-state index in [-0.39, 0.29) is 5.91 Å². The molecular weight excluding hydrogens is 226 g/mol. The van der Waals surface area contributed by atoms with Crippen LogP contribution in [0.2, 0.25) is 0 Å². The van der Waals surface area contributed by atoms with E-state index in [1.165, 1.54) is 0 Å². The molecular formula is C14H17N3O. The SMILES string of the molecule is N#CC1(C(=O)Nc2ccncc2)CCCCCC1. The van der Waals surface area contributed by atoms with Crippen LogP contribution in [0.1, 0.15) is 38.5 Å². The van der Waals surface area contributed by atoms with Gasteiger partial charge in [-0.2, -0.15) is 5.26 Å². The Morgan fingerprint density at radius 2 is 1.83 bits per heavy atom. The van der Waals surface area contributed by atoms with Gasteiger partial charge in [-0.25, -0.2) is 0 Å². The minimum Gasteiger partial charge on any atom is -0.325 e. The van der Waals surface area contributed by atoms with Gasteiger partial charge in [0, 0.05) is 18.1 Å². The van der Waals surface area contributed by atoms with Crippen LogP contribution in [0.15, 0.2) is 24.5 Å². The highest BCUT2D eigenvalue weighted by molar-refractivity contribution is 5.97. The summed E-state index contributed by atoms with van der Waals surface area (Å²) >= 11 is 0. The molecule has 1 aliphatic rings. The zero-order valence-corrected chi connectivity index (χ0v) is 10.4. The first-order valence-electron chi connectivity index (χ1n) is 6.40. The fourth-order valence-corrected chi connectivity index (χ4v) is 2.41. The standard InChI is InChI=1S/C14H17N3O/c15-11-14(7-3-1-2-4-8-14)13(18)17-12-5-9-16-10-6-12/h5-6,9-10H,1-4,7-8H2,(H,16,17,18). The second-order valence-electron chi connectivity index (χ2n) is 4.80. The second-order valence-corrected chi connectivity index (χ2v) is 4.80. The quantitative estimate of drug-likeness (QED) is 0.812. The van der Waals surface area contributed by atoms with E-state index in [1.807, 2.05) is 0 Å². The molecule has 1 heterocycles. The van der Waals surface area contributed by atoms with E-state index in [2.05, 4.69) is 16.4 Å². The lowest BCUT2D eigenvalue weighted by atomic mass is 9.81. The predicted octanol–water partition coefficient (Wildman–Crippen LogP) is 2.88. The summed E-state index contributed by atoms with van der Waals surface area (Å²) in [6.45, 7) is 0. The molecule has 1 saturated carbocycles. The molecule has 0 radical (unpaired) electrons. The third-order valence-corrected chi connectivity index (χ3v) is 3.54. The first kappa shape index (κ1) is 12.6. The zero-order valence-electron chi connectivity index (χ0n) is 10.4. The van der Waals surface area contributed by atoms with E-state index >= 15 is 0 Å². The molecule has 94 valence electrons. The highest BCUT2D eigenvalue weighted by atomic mass is 16.2. The highest BCUT2D eigenvalue weighted by Gasteiger charge is 2.38. The summed E-state index contributed by atoms with van der Waals surface area (Å²) in [4.78, 5) is 16.2. The van der Waals surface area contributed by atoms with Crippen LogP contribution in [0.25, 0.3) is 0 Å². The van der Waals surface area contributed by atoms with Crippen LogP contribution in [0, 0.1) is 16.7 Å². The number of pyridine rings is 1.